The molecule has 0 saturated carbocycles. The molecule has 0 unspecified atom stereocenters. The number of rotatable bonds is 2. The van der Waals surface area contributed by atoms with Crippen LogP contribution < -0.4 is 0 Å². The molecule has 5 nitrogen and oxygen atoms in total. The first-order valence-corrected chi connectivity index (χ1v) is 1.79. The van der Waals surface area contributed by atoms with Gasteiger partial charge in [0.25, 0.3) is 5.79 Å². The van der Waals surface area contributed by atoms with Crippen molar-refractivity contribution >= 4 is 5.97 Å². The van der Waals surface area contributed by atoms with E-state index in [1.165, 1.54) is 0 Å². The molecule has 0 aliphatic rings. The van der Waals surface area contributed by atoms with Crippen molar-refractivity contribution in [2.24, 2.45) is 0 Å². The molecule has 0 aromatic rings. The van der Waals surface area contributed by atoms with Gasteiger partial charge in [-0.1, -0.05) is 0 Å². The predicted octanol–water partition coefficient (Wildman–Crippen LogP) is -2.26. The van der Waals surface area contributed by atoms with Gasteiger partial charge in [-0.25, -0.2) is 4.79 Å². The van der Waals surface area contributed by atoms with Crippen molar-refractivity contribution in [3.05, 3.63) is 0 Å². The average Bonchev–Trinajstić information content (AvgIpc) is 1.67. The van der Waals surface area contributed by atoms with Crippen LogP contribution in [0.15, 0.2) is 0 Å². The second-order valence-electron chi connectivity index (χ2n) is 1.28. The first-order valence-electron chi connectivity index (χ1n) is 1.79. The third-order valence-electron chi connectivity index (χ3n) is 0.563. The van der Waals surface area contributed by atoms with Crippen LogP contribution in [0.2, 0.25) is 0 Å². The summed E-state index contributed by atoms with van der Waals surface area (Å²) in [5, 5.41) is 31.9. The number of aliphatic hydroxyl groups excluding tert-OH is 1. The Bertz CT molecular complexity index is 100. The molecule has 0 bridgehead atoms. The van der Waals surface area contributed by atoms with E-state index in [4.69, 9.17) is 20.4 Å². The Labute approximate surface area is 65.8 Å². The van der Waals surface area contributed by atoms with Crippen LogP contribution in [-0.2, 0) is 26.5 Å². The molecule has 0 spiro atoms. The molecule has 0 fully saturated rings. The number of carboxylic acid groups (broad SMARTS) is 1. The number of aliphatic carboxylic acids is 1. The molecule has 0 aliphatic heterocycles. The summed E-state index contributed by atoms with van der Waals surface area (Å²) >= 11 is 0. The number of aliphatic hydroxyl groups is 3. The van der Waals surface area contributed by atoms with Crippen LogP contribution >= 0.6 is 0 Å². The molecular weight excluding hydrogens is 164 g/mol. The fourth-order valence-corrected chi connectivity index (χ4v) is 0.0676. The molecule has 0 aliphatic carbocycles. The molecule has 0 atom stereocenters. The zero-order valence-electron chi connectivity index (χ0n) is 4.40. The fraction of sp³-hybridized carbons (Fsp3) is 0.667. The summed E-state index contributed by atoms with van der Waals surface area (Å²) in [6.07, 6.45) is 0. The van der Waals surface area contributed by atoms with Gasteiger partial charge in [0.2, 0.25) is 0 Å². The van der Waals surface area contributed by atoms with Crippen molar-refractivity contribution in [1.82, 2.24) is 0 Å². The summed E-state index contributed by atoms with van der Waals surface area (Å²) in [6.45, 7) is -1.21. The molecule has 52 valence electrons. The molecule has 0 aromatic carbocycles. The van der Waals surface area contributed by atoms with Crippen LogP contribution in [-0.4, -0.2) is 38.8 Å². The number of carbonyl (C=O) groups is 1. The van der Waals surface area contributed by atoms with Crippen LogP contribution in [0.3, 0.4) is 0 Å². The normalized spacial score (nSPS) is 10.1. The average molecular weight is 170 g/mol. The molecule has 0 heterocycles. The molecule has 6 heteroatoms. The molecular formula is C3H6O5Ti. The summed E-state index contributed by atoms with van der Waals surface area (Å²) in [5.74, 6) is -4.85. The summed E-state index contributed by atoms with van der Waals surface area (Å²) in [6, 6.07) is 0. The smallest absolute Gasteiger partial charge is 0.366 e. The molecule has 0 amide bonds. The van der Waals surface area contributed by atoms with E-state index in [2.05, 4.69) is 0 Å². The van der Waals surface area contributed by atoms with E-state index in [-0.39, 0.29) is 21.7 Å². The summed E-state index contributed by atoms with van der Waals surface area (Å²) in [4.78, 5) is 9.59. The Morgan fingerprint density at radius 3 is 1.78 bits per heavy atom. The van der Waals surface area contributed by atoms with Gasteiger partial charge in [-0.05, 0) is 0 Å². The molecule has 9 heavy (non-hydrogen) atoms. The van der Waals surface area contributed by atoms with Crippen molar-refractivity contribution in [3.63, 3.8) is 0 Å². The Morgan fingerprint density at radius 2 is 1.78 bits per heavy atom. The van der Waals surface area contributed by atoms with E-state index in [1.54, 1.807) is 0 Å². The van der Waals surface area contributed by atoms with Crippen molar-refractivity contribution in [3.8, 4) is 0 Å². The minimum atomic E-state index is -2.99. The van der Waals surface area contributed by atoms with Crippen molar-refractivity contribution in [2.75, 3.05) is 6.61 Å². The Morgan fingerprint density at radius 1 is 1.44 bits per heavy atom. The van der Waals surface area contributed by atoms with Gasteiger partial charge in [0.05, 0.1) is 0 Å². The van der Waals surface area contributed by atoms with E-state index in [0.29, 0.717) is 0 Å². The van der Waals surface area contributed by atoms with E-state index in [0.717, 1.165) is 0 Å². The predicted molar refractivity (Wildman–Crippen MR) is 21.9 cm³/mol. The Kier molecular flexibility index (Phi) is 5.21. The fourth-order valence-electron chi connectivity index (χ4n) is 0.0676. The second kappa shape index (κ2) is 3.97. The summed E-state index contributed by atoms with van der Waals surface area (Å²) in [5.41, 5.74) is 0. The molecule has 0 rings (SSSR count). The first-order chi connectivity index (χ1) is 3.50. The minimum Gasteiger partial charge on any atom is -0.477 e. The van der Waals surface area contributed by atoms with Gasteiger partial charge in [0.1, 0.15) is 6.61 Å². The number of hydrogen-bond acceptors (Lipinski definition) is 4. The Hall–Kier alpha value is 0.0643. The topological polar surface area (TPSA) is 98.0 Å². The maximum Gasteiger partial charge on any atom is 0.366 e. The maximum atomic E-state index is 9.59. The van der Waals surface area contributed by atoms with Crippen LogP contribution in [0, 0.1) is 0 Å². The van der Waals surface area contributed by atoms with E-state index in [1.807, 2.05) is 0 Å². The molecule has 4 N–H and O–H groups in total. The third-order valence-corrected chi connectivity index (χ3v) is 0.563. The minimum absolute atomic E-state index is 0. The van der Waals surface area contributed by atoms with Crippen LogP contribution in [0.1, 0.15) is 0 Å². The molecule has 0 saturated heterocycles. The van der Waals surface area contributed by atoms with Crippen LogP contribution in [0.5, 0.6) is 0 Å². The van der Waals surface area contributed by atoms with Crippen molar-refractivity contribution in [2.45, 2.75) is 5.79 Å². The van der Waals surface area contributed by atoms with E-state index in [9.17, 15) is 4.79 Å². The largest absolute Gasteiger partial charge is 0.477 e. The van der Waals surface area contributed by atoms with Gasteiger partial charge in [-0.2, -0.15) is 0 Å². The summed E-state index contributed by atoms with van der Waals surface area (Å²) < 4.78 is 0. The van der Waals surface area contributed by atoms with E-state index < -0.39 is 18.4 Å². The van der Waals surface area contributed by atoms with Crippen molar-refractivity contribution in [1.29, 1.82) is 0 Å². The standard InChI is InChI=1S/C3H6O5.Ti/c4-1-3(7,8)2(5)6;/h4,7-8H,1H2,(H,5,6);. The molecule has 0 radical (unpaired) electrons. The van der Waals surface area contributed by atoms with Gasteiger partial charge >= 0.3 is 5.97 Å². The van der Waals surface area contributed by atoms with Crippen LogP contribution in [0.25, 0.3) is 0 Å². The maximum absolute atomic E-state index is 9.59. The zero-order valence-corrected chi connectivity index (χ0v) is 5.97. The van der Waals surface area contributed by atoms with Gasteiger partial charge in [0, 0.05) is 21.7 Å². The summed E-state index contributed by atoms with van der Waals surface area (Å²) in [7, 11) is 0. The number of carboxylic acids is 1. The van der Waals surface area contributed by atoms with Crippen molar-refractivity contribution < 1.29 is 46.9 Å². The van der Waals surface area contributed by atoms with Gasteiger partial charge in [-0.15, -0.1) is 0 Å². The van der Waals surface area contributed by atoms with Gasteiger partial charge < -0.3 is 20.4 Å². The third kappa shape index (κ3) is 3.61. The SMILES string of the molecule is O=C(O)C(O)(O)CO.[Ti]. The number of hydrogen-bond donors (Lipinski definition) is 4. The Balaban J connectivity index is 0. The second-order valence-corrected chi connectivity index (χ2v) is 1.28. The monoisotopic (exact) mass is 170 g/mol. The van der Waals surface area contributed by atoms with Crippen LogP contribution in [0.4, 0.5) is 0 Å². The quantitative estimate of drug-likeness (QED) is 0.277. The van der Waals surface area contributed by atoms with Gasteiger partial charge in [0.15, 0.2) is 0 Å². The molecule has 0 aromatic heterocycles. The van der Waals surface area contributed by atoms with Gasteiger partial charge in [-0.3, -0.25) is 0 Å². The van der Waals surface area contributed by atoms with E-state index >= 15 is 0 Å². The first kappa shape index (κ1) is 11.8. The zero-order chi connectivity index (χ0) is 6.78.